The van der Waals surface area contributed by atoms with Crippen LogP contribution in [-0.2, 0) is 12.0 Å². The van der Waals surface area contributed by atoms with Gasteiger partial charge in [0.15, 0.2) is 12.0 Å². The number of amides is 2. The number of ether oxygens (including phenoxy) is 1. The zero-order valence-corrected chi connectivity index (χ0v) is 22.1. The second-order valence-corrected chi connectivity index (χ2v) is 10.6. The summed E-state index contributed by atoms with van der Waals surface area (Å²) >= 11 is 18.6. The number of hydrogen-bond acceptors (Lipinski definition) is 4. The molecule has 182 valence electrons. The van der Waals surface area contributed by atoms with Crippen LogP contribution in [0, 0.1) is 11.3 Å². The summed E-state index contributed by atoms with van der Waals surface area (Å²) in [5.74, 6) is 0.704. The van der Waals surface area contributed by atoms with Crippen LogP contribution in [-0.4, -0.2) is 52.2 Å². The Balaban J connectivity index is 1.94. The molecule has 1 aliphatic rings. The van der Waals surface area contributed by atoms with Crippen molar-refractivity contribution >= 4 is 40.8 Å². The molecule has 34 heavy (non-hydrogen) atoms. The van der Waals surface area contributed by atoms with Gasteiger partial charge >= 0.3 is 6.03 Å². The maximum absolute atomic E-state index is 12.7. The molecule has 0 spiro atoms. The fraction of sp³-hybridized carbons (Fsp3) is 0.440. The van der Waals surface area contributed by atoms with Gasteiger partial charge in [0, 0.05) is 12.5 Å². The highest BCUT2D eigenvalue weighted by atomic mass is 35.5. The van der Waals surface area contributed by atoms with Gasteiger partial charge < -0.3 is 14.7 Å². The monoisotopic (exact) mass is 523 g/mol. The molecule has 0 radical (unpaired) electrons. The third-order valence-electron chi connectivity index (χ3n) is 6.66. The predicted molar refractivity (Wildman–Crippen MR) is 135 cm³/mol. The highest BCUT2D eigenvalue weighted by Crippen LogP contribution is 2.41. The molecule has 1 fully saturated rings. The first-order valence-corrected chi connectivity index (χ1v) is 12.1. The molecule has 0 aromatic heterocycles. The number of carbonyl (C=O) groups excluding carboxylic acids is 1. The molecule has 1 saturated heterocycles. The zero-order chi connectivity index (χ0) is 25.4. The van der Waals surface area contributed by atoms with E-state index in [-0.39, 0.29) is 19.2 Å². The van der Waals surface area contributed by atoms with Crippen LogP contribution in [0.4, 0.5) is 4.79 Å². The summed E-state index contributed by atoms with van der Waals surface area (Å²) in [4.78, 5) is 15.6. The number of benzene rings is 2. The molecule has 1 heterocycles. The fourth-order valence-corrected chi connectivity index (χ4v) is 4.68. The maximum Gasteiger partial charge on any atom is 0.322 e. The van der Waals surface area contributed by atoms with Crippen LogP contribution in [0.3, 0.4) is 0 Å². The minimum atomic E-state index is -0.989. The molecule has 6 nitrogen and oxygen atoms in total. The molecule has 1 aliphatic heterocycles. The second-order valence-electron chi connectivity index (χ2n) is 9.41. The van der Waals surface area contributed by atoms with E-state index >= 15 is 0 Å². The van der Waals surface area contributed by atoms with Crippen molar-refractivity contribution in [1.82, 2.24) is 9.80 Å². The Hall–Kier alpha value is -2.17. The highest BCUT2D eigenvalue weighted by Gasteiger charge is 2.49. The molecule has 1 N–H and O–H groups in total. The summed E-state index contributed by atoms with van der Waals surface area (Å²) < 4.78 is 5.55. The van der Waals surface area contributed by atoms with Crippen LogP contribution in [0.2, 0.25) is 10.0 Å². The number of aliphatic hydroxyl groups is 1. The fourth-order valence-electron chi connectivity index (χ4n) is 4.01. The van der Waals surface area contributed by atoms with E-state index in [0.717, 1.165) is 11.1 Å². The van der Waals surface area contributed by atoms with E-state index in [4.69, 9.17) is 39.5 Å². The SMILES string of the molecule is CN1C(=O)N(Cc2ccc(C(C)(C)c3cc(Cl)c(OCCCl)c(Cl)c3)cc2C#N)C(O)C1(C)C. The Kier molecular flexibility index (Phi) is 7.64. The quantitative estimate of drug-likeness (QED) is 0.466. The molecule has 2 amide bonds. The smallest absolute Gasteiger partial charge is 0.322 e. The van der Waals surface area contributed by atoms with Gasteiger partial charge in [-0.1, -0.05) is 49.2 Å². The molecule has 3 rings (SSSR count). The molecule has 0 aliphatic carbocycles. The van der Waals surface area contributed by atoms with Crippen molar-refractivity contribution < 1.29 is 14.6 Å². The normalized spacial score (nSPS) is 17.8. The summed E-state index contributed by atoms with van der Waals surface area (Å²) in [7, 11) is 1.66. The molecule has 1 atom stereocenters. The lowest BCUT2D eigenvalue weighted by molar-refractivity contribution is -0.00477. The number of rotatable bonds is 7. The van der Waals surface area contributed by atoms with Crippen molar-refractivity contribution in [2.75, 3.05) is 19.5 Å². The molecule has 0 bridgehead atoms. The lowest BCUT2D eigenvalue weighted by atomic mass is 9.77. The summed E-state index contributed by atoms with van der Waals surface area (Å²) in [5, 5.41) is 21.3. The average molecular weight is 525 g/mol. The van der Waals surface area contributed by atoms with Crippen molar-refractivity contribution in [1.29, 1.82) is 5.26 Å². The van der Waals surface area contributed by atoms with E-state index < -0.39 is 17.2 Å². The molecule has 2 aromatic rings. The van der Waals surface area contributed by atoms with E-state index in [0.29, 0.717) is 32.8 Å². The van der Waals surface area contributed by atoms with Crippen molar-refractivity contribution in [2.24, 2.45) is 0 Å². The number of aliphatic hydroxyl groups excluding tert-OH is 1. The van der Waals surface area contributed by atoms with Gasteiger partial charge in [-0.2, -0.15) is 5.26 Å². The van der Waals surface area contributed by atoms with E-state index in [1.807, 2.05) is 26.0 Å². The van der Waals surface area contributed by atoms with Gasteiger partial charge in [0.1, 0.15) is 6.61 Å². The number of urea groups is 1. The summed E-state index contributed by atoms with van der Waals surface area (Å²) in [5.41, 5.74) is 1.54. The van der Waals surface area contributed by atoms with Gasteiger partial charge in [-0.15, -0.1) is 11.6 Å². The van der Waals surface area contributed by atoms with Crippen molar-refractivity contribution in [2.45, 2.75) is 51.4 Å². The third-order valence-corrected chi connectivity index (χ3v) is 7.38. The average Bonchev–Trinajstić information content (AvgIpc) is 2.93. The lowest BCUT2D eigenvalue weighted by Gasteiger charge is -2.30. The van der Waals surface area contributed by atoms with E-state index in [1.54, 1.807) is 39.1 Å². The first kappa shape index (κ1) is 26.4. The van der Waals surface area contributed by atoms with Crippen LogP contribution < -0.4 is 4.74 Å². The Morgan fingerprint density at radius 1 is 1.18 bits per heavy atom. The number of alkyl halides is 1. The number of halogens is 3. The largest absolute Gasteiger partial charge is 0.489 e. The summed E-state index contributed by atoms with van der Waals surface area (Å²) in [6, 6.07) is 11.1. The number of nitrogens with zero attached hydrogens (tertiary/aromatic N) is 3. The van der Waals surface area contributed by atoms with Crippen LogP contribution in [0.1, 0.15) is 49.9 Å². The number of likely N-dealkylation sites (N-methyl/N-ethyl adjacent to an activating group) is 1. The molecule has 2 aromatic carbocycles. The van der Waals surface area contributed by atoms with Gasteiger partial charge in [-0.3, -0.25) is 4.90 Å². The molecule has 0 saturated carbocycles. The first-order chi connectivity index (χ1) is 15.9. The minimum absolute atomic E-state index is 0.127. The number of carbonyl (C=O) groups is 1. The van der Waals surface area contributed by atoms with Gasteiger partial charge in [-0.25, -0.2) is 4.79 Å². The molecular weight excluding hydrogens is 497 g/mol. The van der Waals surface area contributed by atoms with Gasteiger partial charge in [0.05, 0.1) is 39.6 Å². The van der Waals surface area contributed by atoms with E-state index in [2.05, 4.69) is 6.07 Å². The van der Waals surface area contributed by atoms with Crippen LogP contribution in [0.15, 0.2) is 30.3 Å². The number of hydrogen-bond donors (Lipinski definition) is 1. The molecule has 1 unspecified atom stereocenters. The van der Waals surface area contributed by atoms with Gasteiger partial charge in [0.25, 0.3) is 0 Å². The second kappa shape index (κ2) is 9.83. The van der Waals surface area contributed by atoms with Gasteiger partial charge in [-0.05, 0) is 48.7 Å². The summed E-state index contributed by atoms with van der Waals surface area (Å²) in [6.07, 6.45) is -0.989. The van der Waals surface area contributed by atoms with Crippen LogP contribution >= 0.6 is 34.8 Å². The topological polar surface area (TPSA) is 76.8 Å². The minimum Gasteiger partial charge on any atom is -0.489 e. The maximum atomic E-state index is 12.7. The third kappa shape index (κ3) is 4.67. The molecular formula is C25H28Cl3N3O3. The lowest BCUT2D eigenvalue weighted by Crippen LogP contribution is -2.45. The molecule has 9 heteroatoms. The van der Waals surface area contributed by atoms with Crippen molar-refractivity contribution in [3.63, 3.8) is 0 Å². The van der Waals surface area contributed by atoms with Crippen LogP contribution in [0.25, 0.3) is 0 Å². The first-order valence-electron chi connectivity index (χ1n) is 10.8. The van der Waals surface area contributed by atoms with Gasteiger partial charge in [0.2, 0.25) is 0 Å². The summed E-state index contributed by atoms with van der Waals surface area (Å²) in [6.45, 7) is 8.04. The standard InChI is InChI=1S/C25H28Cl3N3O3/c1-24(2,18-11-19(27)21(20(28)12-18)34-9-8-26)17-7-6-15(16(10-17)13-29)14-31-22(32)25(3,4)30(5)23(31)33/h6-7,10-12,22,32H,8-9,14H2,1-5H3. The highest BCUT2D eigenvalue weighted by molar-refractivity contribution is 6.37. The predicted octanol–water partition coefficient (Wildman–Crippen LogP) is 5.77. The Morgan fingerprint density at radius 2 is 1.79 bits per heavy atom. The Morgan fingerprint density at radius 3 is 2.29 bits per heavy atom. The Bertz CT molecular complexity index is 1120. The van der Waals surface area contributed by atoms with Crippen LogP contribution in [0.5, 0.6) is 5.75 Å². The number of nitriles is 1. The van der Waals surface area contributed by atoms with E-state index in [1.165, 1.54) is 9.80 Å². The zero-order valence-electron chi connectivity index (χ0n) is 19.8. The van der Waals surface area contributed by atoms with E-state index in [9.17, 15) is 15.2 Å². The van der Waals surface area contributed by atoms with Crippen molar-refractivity contribution in [3.8, 4) is 11.8 Å². The Labute approximate surface area is 215 Å². The van der Waals surface area contributed by atoms with Crippen molar-refractivity contribution in [3.05, 3.63) is 62.6 Å².